The first-order valence-electron chi connectivity index (χ1n) is 6.64. The van der Waals surface area contributed by atoms with Gasteiger partial charge in [-0.3, -0.25) is 9.59 Å². The highest BCUT2D eigenvalue weighted by molar-refractivity contribution is 7.07. The van der Waals surface area contributed by atoms with E-state index < -0.39 is 11.4 Å². The third-order valence-electron chi connectivity index (χ3n) is 4.58. The number of rotatable bonds is 3. The number of amides is 1. The van der Waals surface area contributed by atoms with Gasteiger partial charge in [0.1, 0.15) is 0 Å². The van der Waals surface area contributed by atoms with E-state index in [0.717, 1.165) is 24.8 Å². The molecule has 1 aromatic rings. The highest BCUT2D eigenvalue weighted by Gasteiger charge is 2.55. The molecule has 2 atom stereocenters. The van der Waals surface area contributed by atoms with Gasteiger partial charge in [-0.05, 0) is 41.1 Å². The van der Waals surface area contributed by atoms with E-state index in [1.165, 1.54) is 0 Å². The van der Waals surface area contributed by atoms with Crippen molar-refractivity contribution < 1.29 is 14.7 Å². The number of hydrogen-bond acceptors (Lipinski definition) is 3. The Morgan fingerprint density at radius 2 is 2.37 bits per heavy atom. The fraction of sp³-hybridized carbons (Fsp3) is 0.571. The van der Waals surface area contributed by atoms with Crippen LogP contribution >= 0.6 is 11.3 Å². The summed E-state index contributed by atoms with van der Waals surface area (Å²) in [5.41, 5.74) is 0.362. The molecule has 2 fully saturated rings. The molecule has 19 heavy (non-hydrogen) atoms. The molecule has 2 heterocycles. The fourth-order valence-electron chi connectivity index (χ4n) is 3.51. The van der Waals surface area contributed by atoms with Crippen LogP contribution in [-0.2, 0) is 16.0 Å². The molecule has 1 N–H and O–H groups in total. The standard InChI is InChI=1S/C14H17NO3S/c16-12(6-10-3-5-19-8-10)15-7-11-2-1-4-14(11,9-15)13(17)18/h3,5,8,11H,1-2,4,6-7,9H2,(H,17,18)/t11-,14-/m0/s1. The van der Waals surface area contributed by atoms with Gasteiger partial charge < -0.3 is 10.0 Å². The summed E-state index contributed by atoms with van der Waals surface area (Å²) in [6.07, 6.45) is 3.03. The predicted octanol–water partition coefficient (Wildman–Crippen LogP) is 2.00. The van der Waals surface area contributed by atoms with Gasteiger partial charge in [0.15, 0.2) is 0 Å². The molecule has 5 heteroatoms. The number of thiophene rings is 1. The van der Waals surface area contributed by atoms with Gasteiger partial charge in [0.2, 0.25) is 5.91 Å². The Hall–Kier alpha value is -1.36. The lowest BCUT2D eigenvalue weighted by atomic mass is 9.81. The summed E-state index contributed by atoms with van der Waals surface area (Å²) in [7, 11) is 0. The third kappa shape index (κ3) is 2.06. The second-order valence-electron chi connectivity index (χ2n) is 5.63. The van der Waals surface area contributed by atoms with Crippen molar-refractivity contribution in [3.63, 3.8) is 0 Å². The highest BCUT2D eigenvalue weighted by atomic mass is 32.1. The molecular formula is C14H17NO3S. The van der Waals surface area contributed by atoms with Crippen LogP contribution < -0.4 is 0 Å². The molecule has 1 aliphatic carbocycles. The number of likely N-dealkylation sites (tertiary alicyclic amines) is 1. The van der Waals surface area contributed by atoms with Crippen molar-refractivity contribution in [3.8, 4) is 0 Å². The monoisotopic (exact) mass is 279 g/mol. The molecule has 0 spiro atoms. The van der Waals surface area contributed by atoms with Crippen LogP contribution in [0, 0.1) is 11.3 Å². The van der Waals surface area contributed by atoms with Crippen molar-refractivity contribution in [2.45, 2.75) is 25.7 Å². The smallest absolute Gasteiger partial charge is 0.311 e. The lowest BCUT2D eigenvalue weighted by molar-refractivity contribution is -0.149. The van der Waals surface area contributed by atoms with Gasteiger partial charge in [0.25, 0.3) is 0 Å². The minimum absolute atomic E-state index is 0.0634. The zero-order valence-electron chi connectivity index (χ0n) is 10.7. The van der Waals surface area contributed by atoms with Crippen LogP contribution in [0.25, 0.3) is 0 Å². The van der Waals surface area contributed by atoms with E-state index in [9.17, 15) is 14.7 Å². The summed E-state index contributed by atoms with van der Waals surface area (Å²) >= 11 is 1.58. The van der Waals surface area contributed by atoms with Gasteiger partial charge in [-0.25, -0.2) is 0 Å². The lowest BCUT2D eigenvalue weighted by Crippen LogP contribution is -2.37. The maximum atomic E-state index is 12.2. The predicted molar refractivity (Wildman–Crippen MR) is 72.0 cm³/mol. The van der Waals surface area contributed by atoms with Crippen molar-refractivity contribution in [2.24, 2.45) is 11.3 Å². The average molecular weight is 279 g/mol. The molecule has 0 unspecified atom stereocenters. The Kier molecular flexibility index (Phi) is 3.09. The molecule has 0 aromatic carbocycles. The number of carboxylic acids is 1. The Morgan fingerprint density at radius 3 is 3.00 bits per heavy atom. The second-order valence-corrected chi connectivity index (χ2v) is 6.41. The normalized spacial score (nSPS) is 29.5. The average Bonchev–Trinajstić information content (AvgIpc) is 3.01. The number of carbonyl (C=O) groups is 2. The maximum Gasteiger partial charge on any atom is 0.311 e. The first kappa shape index (κ1) is 12.7. The van der Waals surface area contributed by atoms with E-state index in [-0.39, 0.29) is 11.8 Å². The summed E-state index contributed by atoms with van der Waals surface area (Å²) in [5.74, 6) is -0.509. The van der Waals surface area contributed by atoms with Crippen LogP contribution in [0.2, 0.25) is 0 Å². The molecule has 1 amide bonds. The molecule has 4 nitrogen and oxygen atoms in total. The number of hydrogen-bond donors (Lipinski definition) is 1. The van der Waals surface area contributed by atoms with Crippen LogP contribution in [0.4, 0.5) is 0 Å². The molecule has 1 aliphatic heterocycles. The molecule has 0 bridgehead atoms. The molecule has 1 aromatic heterocycles. The summed E-state index contributed by atoms with van der Waals surface area (Å²) < 4.78 is 0. The first-order chi connectivity index (χ1) is 9.12. The van der Waals surface area contributed by atoms with E-state index in [1.54, 1.807) is 16.2 Å². The van der Waals surface area contributed by atoms with Gasteiger partial charge in [0.05, 0.1) is 11.8 Å². The largest absolute Gasteiger partial charge is 0.481 e. The minimum Gasteiger partial charge on any atom is -0.481 e. The first-order valence-corrected chi connectivity index (χ1v) is 7.58. The van der Waals surface area contributed by atoms with Crippen molar-refractivity contribution in [3.05, 3.63) is 22.4 Å². The summed E-state index contributed by atoms with van der Waals surface area (Å²) in [4.78, 5) is 25.6. The number of nitrogens with zero attached hydrogens (tertiary/aromatic N) is 1. The number of aliphatic carboxylic acids is 1. The second kappa shape index (κ2) is 4.63. The quantitative estimate of drug-likeness (QED) is 0.920. The van der Waals surface area contributed by atoms with Crippen molar-refractivity contribution in [1.82, 2.24) is 4.90 Å². The van der Waals surface area contributed by atoms with Crippen molar-refractivity contribution in [2.75, 3.05) is 13.1 Å². The Balaban J connectivity index is 1.71. The van der Waals surface area contributed by atoms with E-state index in [0.29, 0.717) is 19.5 Å². The van der Waals surface area contributed by atoms with Crippen molar-refractivity contribution in [1.29, 1.82) is 0 Å². The SMILES string of the molecule is O=C(Cc1ccsc1)N1C[C@@H]2CCC[C@]2(C(=O)O)C1. The third-order valence-corrected chi connectivity index (χ3v) is 5.32. The molecule has 0 radical (unpaired) electrons. The van der Waals surface area contributed by atoms with Gasteiger partial charge in [0, 0.05) is 13.1 Å². The van der Waals surface area contributed by atoms with Crippen molar-refractivity contribution >= 4 is 23.2 Å². The van der Waals surface area contributed by atoms with E-state index in [4.69, 9.17) is 0 Å². The van der Waals surface area contributed by atoms with E-state index >= 15 is 0 Å². The topological polar surface area (TPSA) is 57.6 Å². The van der Waals surface area contributed by atoms with Crippen LogP contribution in [-0.4, -0.2) is 35.0 Å². The van der Waals surface area contributed by atoms with Crippen LogP contribution in [0.1, 0.15) is 24.8 Å². The molecule has 1 saturated heterocycles. The molecule has 102 valence electrons. The number of fused-ring (bicyclic) bond motifs is 1. The molecular weight excluding hydrogens is 262 g/mol. The van der Waals surface area contributed by atoms with Gasteiger partial charge in [-0.2, -0.15) is 11.3 Å². The zero-order chi connectivity index (χ0) is 13.5. The van der Waals surface area contributed by atoms with Gasteiger partial charge >= 0.3 is 5.97 Å². The maximum absolute atomic E-state index is 12.2. The molecule has 3 rings (SSSR count). The summed E-state index contributed by atoms with van der Waals surface area (Å²) in [5, 5.41) is 13.4. The van der Waals surface area contributed by atoms with E-state index in [1.807, 2.05) is 16.8 Å². The minimum atomic E-state index is -0.721. The Bertz CT molecular complexity index is 499. The van der Waals surface area contributed by atoms with Crippen LogP contribution in [0.3, 0.4) is 0 Å². The Labute approximate surface area is 116 Å². The van der Waals surface area contributed by atoms with Gasteiger partial charge in [-0.1, -0.05) is 6.42 Å². The lowest BCUT2D eigenvalue weighted by Gasteiger charge is -2.23. The summed E-state index contributed by atoms with van der Waals surface area (Å²) in [6, 6.07) is 1.95. The number of carbonyl (C=O) groups excluding carboxylic acids is 1. The van der Waals surface area contributed by atoms with Crippen LogP contribution in [0.15, 0.2) is 16.8 Å². The van der Waals surface area contributed by atoms with Crippen LogP contribution in [0.5, 0.6) is 0 Å². The highest BCUT2D eigenvalue weighted by Crippen LogP contribution is 2.48. The Morgan fingerprint density at radius 1 is 1.53 bits per heavy atom. The zero-order valence-corrected chi connectivity index (χ0v) is 11.5. The molecule has 1 saturated carbocycles. The summed E-state index contributed by atoms with van der Waals surface area (Å²) in [6.45, 7) is 1.02. The number of carboxylic acid groups (broad SMARTS) is 1. The fourth-order valence-corrected chi connectivity index (χ4v) is 4.18. The van der Waals surface area contributed by atoms with Gasteiger partial charge in [-0.15, -0.1) is 0 Å². The molecule has 2 aliphatic rings. The van der Waals surface area contributed by atoms with E-state index in [2.05, 4.69) is 0 Å².